The SMILES string of the molecule is COc1ccccc1CCCCNC(=O)c1c(OC)cccc1OC. The first-order chi connectivity index (χ1) is 12.2. The number of carbonyl (C=O) groups excluding carboxylic acids is 1. The lowest BCUT2D eigenvalue weighted by molar-refractivity contribution is 0.0946. The zero-order valence-corrected chi connectivity index (χ0v) is 15.0. The van der Waals surface area contributed by atoms with Gasteiger partial charge in [0.25, 0.3) is 5.91 Å². The van der Waals surface area contributed by atoms with Gasteiger partial charge in [-0.1, -0.05) is 24.3 Å². The Bertz CT molecular complexity index is 678. The van der Waals surface area contributed by atoms with Crippen molar-refractivity contribution in [2.24, 2.45) is 0 Å². The largest absolute Gasteiger partial charge is 0.496 e. The van der Waals surface area contributed by atoms with Gasteiger partial charge in [0.2, 0.25) is 0 Å². The lowest BCUT2D eigenvalue weighted by atomic mass is 10.1. The second-order valence-corrected chi connectivity index (χ2v) is 5.56. The first kappa shape index (κ1) is 18.6. The van der Waals surface area contributed by atoms with Crippen molar-refractivity contribution in [2.45, 2.75) is 19.3 Å². The third kappa shape index (κ3) is 4.89. The molecule has 134 valence electrons. The lowest BCUT2D eigenvalue weighted by Crippen LogP contribution is -2.25. The van der Waals surface area contributed by atoms with Crippen LogP contribution in [0.2, 0.25) is 0 Å². The van der Waals surface area contributed by atoms with Gasteiger partial charge < -0.3 is 19.5 Å². The molecule has 0 aliphatic rings. The average molecular weight is 343 g/mol. The van der Waals surface area contributed by atoms with Crippen molar-refractivity contribution in [1.82, 2.24) is 5.32 Å². The fourth-order valence-corrected chi connectivity index (χ4v) is 2.72. The van der Waals surface area contributed by atoms with Gasteiger partial charge in [0.15, 0.2) is 0 Å². The van der Waals surface area contributed by atoms with Gasteiger partial charge in [0, 0.05) is 6.54 Å². The Morgan fingerprint density at radius 1 is 0.840 bits per heavy atom. The van der Waals surface area contributed by atoms with Gasteiger partial charge in [-0.2, -0.15) is 0 Å². The van der Waals surface area contributed by atoms with Crippen LogP contribution in [0.4, 0.5) is 0 Å². The van der Waals surface area contributed by atoms with Crippen LogP contribution in [-0.2, 0) is 6.42 Å². The smallest absolute Gasteiger partial charge is 0.258 e. The summed E-state index contributed by atoms with van der Waals surface area (Å²) in [4.78, 5) is 12.4. The Morgan fingerprint density at radius 2 is 1.44 bits per heavy atom. The summed E-state index contributed by atoms with van der Waals surface area (Å²) in [5.74, 6) is 1.73. The van der Waals surface area contributed by atoms with E-state index in [1.807, 2.05) is 18.2 Å². The minimum atomic E-state index is -0.188. The van der Waals surface area contributed by atoms with Gasteiger partial charge in [-0.15, -0.1) is 0 Å². The van der Waals surface area contributed by atoms with Gasteiger partial charge in [-0.25, -0.2) is 0 Å². The fraction of sp³-hybridized carbons (Fsp3) is 0.350. The van der Waals surface area contributed by atoms with Crippen LogP contribution in [0.1, 0.15) is 28.8 Å². The topological polar surface area (TPSA) is 56.8 Å². The highest BCUT2D eigenvalue weighted by Gasteiger charge is 2.17. The third-order valence-corrected chi connectivity index (χ3v) is 4.01. The summed E-state index contributed by atoms with van der Waals surface area (Å²) in [7, 11) is 4.76. The number of nitrogens with one attached hydrogen (secondary N) is 1. The number of amides is 1. The molecule has 0 radical (unpaired) electrons. The van der Waals surface area contributed by atoms with Crippen LogP contribution in [0.3, 0.4) is 0 Å². The Kier molecular flexibility index (Phi) is 7.14. The van der Waals surface area contributed by atoms with Crippen molar-refractivity contribution >= 4 is 5.91 Å². The molecule has 0 heterocycles. The molecule has 0 spiro atoms. The quantitative estimate of drug-likeness (QED) is 0.709. The number of benzene rings is 2. The standard InChI is InChI=1S/C20H25NO4/c1-23-16-11-5-4-9-15(16)10-6-7-14-21-20(22)19-17(24-2)12-8-13-18(19)25-3/h4-5,8-9,11-13H,6-7,10,14H2,1-3H3,(H,21,22). The molecule has 2 rings (SSSR count). The first-order valence-corrected chi connectivity index (χ1v) is 8.32. The maximum Gasteiger partial charge on any atom is 0.258 e. The Labute approximate surface area is 148 Å². The van der Waals surface area contributed by atoms with Gasteiger partial charge >= 0.3 is 0 Å². The molecule has 1 N–H and O–H groups in total. The molecule has 0 aliphatic heterocycles. The molecule has 0 bridgehead atoms. The number of aryl methyl sites for hydroxylation is 1. The molecule has 25 heavy (non-hydrogen) atoms. The van der Waals surface area contributed by atoms with E-state index >= 15 is 0 Å². The zero-order valence-electron chi connectivity index (χ0n) is 15.0. The number of unbranched alkanes of at least 4 members (excludes halogenated alkanes) is 1. The van der Waals surface area contributed by atoms with Crippen molar-refractivity contribution in [3.8, 4) is 17.2 Å². The number of hydrogen-bond donors (Lipinski definition) is 1. The number of hydrogen-bond acceptors (Lipinski definition) is 4. The van der Waals surface area contributed by atoms with Crippen LogP contribution in [0.25, 0.3) is 0 Å². The van der Waals surface area contributed by atoms with E-state index in [4.69, 9.17) is 14.2 Å². The van der Waals surface area contributed by atoms with E-state index in [-0.39, 0.29) is 5.91 Å². The van der Waals surface area contributed by atoms with E-state index in [0.717, 1.165) is 25.0 Å². The van der Waals surface area contributed by atoms with Crippen molar-refractivity contribution < 1.29 is 19.0 Å². The highest BCUT2D eigenvalue weighted by atomic mass is 16.5. The van der Waals surface area contributed by atoms with E-state index in [0.29, 0.717) is 23.6 Å². The first-order valence-electron chi connectivity index (χ1n) is 8.32. The molecule has 0 aliphatic carbocycles. The van der Waals surface area contributed by atoms with Crippen molar-refractivity contribution in [1.29, 1.82) is 0 Å². The van der Waals surface area contributed by atoms with E-state index in [9.17, 15) is 4.79 Å². The maximum absolute atomic E-state index is 12.4. The van der Waals surface area contributed by atoms with Crippen molar-refractivity contribution in [3.05, 3.63) is 53.6 Å². The second kappa shape index (κ2) is 9.57. The van der Waals surface area contributed by atoms with E-state index in [1.165, 1.54) is 5.56 Å². The number of rotatable bonds is 9. The molecule has 0 saturated carbocycles. The van der Waals surface area contributed by atoms with Gasteiger partial charge in [0.1, 0.15) is 22.8 Å². The zero-order chi connectivity index (χ0) is 18.1. The molecule has 2 aromatic rings. The van der Waals surface area contributed by atoms with E-state index in [1.54, 1.807) is 39.5 Å². The molecule has 0 unspecified atom stereocenters. The normalized spacial score (nSPS) is 10.2. The van der Waals surface area contributed by atoms with Crippen molar-refractivity contribution in [2.75, 3.05) is 27.9 Å². The van der Waals surface area contributed by atoms with Crippen LogP contribution in [0.5, 0.6) is 17.2 Å². The van der Waals surface area contributed by atoms with Crippen molar-refractivity contribution in [3.63, 3.8) is 0 Å². The molecular formula is C20H25NO4. The van der Waals surface area contributed by atoms with Crippen LogP contribution in [-0.4, -0.2) is 33.8 Å². The second-order valence-electron chi connectivity index (χ2n) is 5.56. The molecule has 0 fully saturated rings. The van der Waals surface area contributed by atoms with Gasteiger partial charge in [-0.05, 0) is 43.0 Å². The number of carbonyl (C=O) groups is 1. The summed E-state index contributed by atoms with van der Waals surface area (Å²) in [5, 5.41) is 2.93. The molecule has 5 heteroatoms. The average Bonchev–Trinajstić information content (AvgIpc) is 2.67. The maximum atomic E-state index is 12.4. The third-order valence-electron chi connectivity index (χ3n) is 4.01. The summed E-state index contributed by atoms with van der Waals surface area (Å²) < 4.78 is 15.9. The number of para-hydroxylation sites is 1. The van der Waals surface area contributed by atoms with Gasteiger partial charge in [-0.3, -0.25) is 4.79 Å². The Balaban J connectivity index is 1.85. The van der Waals surface area contributed by atoms with E-state index in [2.05, 4.69) is 11.4 Å². The minimum Gasteiger partial charge on any atom is -0.496 e. The minimum absolute atomic E-state index is 0.188. The van der Waals surface area contributed by atoms with Crippen LogP contribution in [0.15, 0.2) is 42.5 Å². The Hall–Kier alpha value is -2.69. The van der Waals surface area contributed by atoms with Crippen LogP contribution >= 0.6 is 0 Å². The molecule has 0 saturated heterocycles. The summed E-state index contributed by atoms with van der Waals surface area (Å²) in [6.07, 6.45) is 2.75. The number of ether oxygens (including phenoxy) is 3. The van der Waals surface area contributed by atoms with E-state index < -0.39 is 0 Å². The lowest BCUT2D eigenvalue weighted by Gasteiger charge is -2.13. The van der Waals surface area contributed by atoms with Crippen LogP contribution in [0, 0.1) is 0 Å². The molecule has 1 amide bonds. The predicted molar refractivity (Wildman–Crippen MR) is 97.8 cm³/mol. The Morgan fingerprint density at radius 3 is 2.08 bits per heavy atom. The summed E-state index contributed by atoms with van der Waals surface area (Å²) in [6.45, 7) is 0.592. The number of methoxy groups -OCH3 is 3. The summed E-state index contributed by atoms with van der Waals surface area (Å²) in [6, 6.07) is 13.3. The highest BCUT2D eigenvalue weighted by molar-refractivity contribution is 5.99. The fourth-order valence-electron chi connectivity index (χ4n) is 2.72. The van der Waals surface area contributed by atoms with Crippen LogP contribution < -0.4 is 19.5 Å². The van der Waals surface area contributed by atoms with Gasteiger partial charge in [0.05, 0.1) is 21.3 Å². The monoisotopic (exact) mass is 343 g/mol. The summed E-state index contributed by atoms with van der Waals surface area (Å²) >= 11 is 0. The summed E-state index contributed by atoms with van der Waals surface area (Å²) in [5.41, 5.74) is 1.61. The molecule has 0 atom stereocenters. The highest BCUT2D eigenvalue weighted by Crippen LogP contribution is 2.28. The molecule has 2 aromatic carbocycles. The predicted octanol–water partition coefficient (Wildman–Crippen LogP) is 3.47. The molecular weight excluding hydrogens is 318 g/mol. The molecule has 0 aromatic heterocycles. The molecule has 5 nitrogen and oxygen atoms in total.